The summed E-state index contributed by atoms with van der Waals surface area (Å²) >= 11 is 0. The van der Waals surface area contributed by atoms with Crippen LogP contribution in [0.25, 0.3) is 0 Å². The molecule has 0 amide bonds. The standard InChI is InChI=1S/C14H21NO/c1-16-13-9-5-8-12(10-13)14(15)11-6-3-2-4-7-11/h5,8-11,14H,2-4,6-7,15H2,1H3/t14-/m1/s1. The molecule has 2 nitrogen and oxygen atoms in total. The Kier molecular flexibility index (Phi) is 3.83. The van der Waals surface area contributed by atoms with Crippen LogP contribution in [0.3, 0.4) is 0 Å². The second kappa shape index (κ2) is 5.35. The van der Waals surface area contributed by atoms with Crippen molar-refractivity contribution in [3.63, 3.8) is 0 Å². The van der Waals surface area contributed by atoms with Gasteiger partial charge in [-0.25, -0.2) is 0 Å². The minimum atomic E-state index is 0.176. The van der Waals surface area contributed by atoms with Crippen LogP contribution in [0.1, 0.15) is 43.7 Å². The SMILES string of the molecule is COc1cccc([C@H](N)C2CCCCC2)c1. The Labute approximate surface area is 97.8 Å². The quantitative estimate of drug-likeness (QED) is 0.846. The number of ether oxygens (including phenoxy) is 1. The minimum absolute atomic E-state index is 0.176. The largest absolute Gasteiger partial charge is 0.497 e. The molecule has 1 aliphatic rings. The lowest BCUT2D eigenvalue weighted by Gasteiger charge is -2.27. The van der Waals surface area contributed by atoms with Gasteiger partial charge in [0.2, 0.25) is 0 Å². The van der Waals surface area contributed by atoms with Crippen molar-refractivity contribution in [3.8, 4) is 5.75 Å². The summed E-state index contributed by atoms with van der Waals surface area (Å²) < 4.78 is 5.24. The van der Waals surface area contributed by atoms with Gasteiger partial charge in [-0.15, -0.1) is 0 Å². The van der Waals surface area contributed by atoms with Crippen molar-refractivity contribution in [2.24, 2.45) is 11.7 Å². The molecule has 1 aromatic carbocycles. The summed E-state index contributed by atoms with van der Waals surface area (Å²) in [5, 5.41) is 0. The van der Waals surface area contributed by atoms with E-state index in [2.05, 4.69) is 12.1 Å². The number of methoxy groups -OCH3 is 1. The Morgan fingerprint density at radius 2 is 2.00 bits per heavy atom. The van der Waals surface area contributed by atoms with Crippen molar-refractivity contribution in [1.29, 1.82) is 0 Å². The molecule has 0 bridgehead atoms. The van der Waals surface area contributed by atoms with Gasteiger partial charge in [-0.1, -0.05) is 31.4 Å². The van der Waals surface area contributed by atoms with Crippen LogP contribution < -0.4 is 10.5 Å². The number of benzene rings is 1. The van der Waals surface area contributed by atoms with Gasteiger partial charge in [-0.3, -0.25) is 0 Å². The summed E-state index contributed by atoms with van der Waals surface area (Å²) in [5.41, 5.74) is 7.55. The molecule has 0 saturated heterocycles. The molecule has 0 unspecified atom stereocenters. The Bertz CT molecular complexity index is 331. The van der Waals surface area contributed by atoms with E-state index in [0.717, 1.165) is 5.75 Å². The van der Waals surface area contributed by atoms with Gasteiger partial charge in [0.1, 0.15) is 5.75 Å². The smallest absolute Gasteiger partial charge is 0.119 e. The zero-order valence-corrected chi connectivity index (χ0v) is 9.99. The molecular weight excluding hydrogens is 198 g/mol. The van der Waals surface area contributed by atoms with Crippen molar-refractivity contribution >= 4 is 0 Å². The summed E-state index contributed by atoms with van der Waals surface area (Å²) in [5.74, 6) is 1.56. The van der Waals surface area contributed by atoms with Crippen molar-refractivity contribution in [3.05, 3.63) is 29.8 Å². The van der Waals surface area contributed by atoms with Gasteiger partial charge in [0.05, 0.1) is 7.11 Å². The summed E-state index contributed by atoms with van der Waals surface area (Å²) in [6.07, 6.45) is 6.60. The van der Waals surface area contributed by atoms with Crippen molar-refractivity contribution in [1.82, 2.24) is 0 Å². The van der Waals surface area contributed by atoms with Crippen LogP contribution >= 0.6 is 0 Å². The molecule has 0 aromatic heterocycles. The fourth-order valence-electron chi connectivity index (χ4n) is 2.61. The first-order chi connectivity index (χ1) is 7.81. The lowest BCUT2D eigenvalue weighted by atomic mass is 9.81. The third-order valence-electron chi connectivity index (χ3n) is 3.64. The molecule has 1 aliphatic carbocycles. The van der Waals surface area contributed by atoms with Gasteiger partial charge in [0.15, 0.2) is 0 Å². The normalized spacial score (nSPS) is 19.4. The second-order valence-corrected chi connectivity index (χ2v) is 4.70. The maximum Gasteiger partial charge on any atom is 0.119 e. The Morgan fingerprint density at radius 1 is 1.25 bits per heavy atom. The van der Waals surface area contributed by atoms with Gasteiger partial charge >= 0.3 is 0 Å². The average Bonchev–Trinajstić information content (AvgIpc) is 2.39. The number of hydrogen-bond donors (Lipinski definition) is 1. The lowest BCUT2D eigenvalue weighted by Crippen LogP contribution is -2.23. The molecule has 2 heteroatoms. The maximum atomic E-state index is 6.34. The zero-order chi connectivity index (χ0) is 11.4. The van der Waals surface area contributed by atoms with Crippen LogP contribution in [0.2, 0.25) is 0 Å². The maximum absolute atomic E-state index is 6.34. The molecule has 0 aliphatic heterocycles. The first kappa shape index (κ1) is 11.5. The van der Waals surface area contributed by atoms with E-state index in [4.69, 9.17) is 10.5 Å². The first-order valence-electron chi connectivity index (χ1n) is 6.21. The van der Waals surface area contributed by atoms with Crippen molar-refractivity contribution < 1.29 is 4.74 Å². The molecule has 1 saturated carbocycles. The van der Waals surface area contributed by atoms with E-state index in [-0.39, 0.29) is 6.04 Å². The Balaban J connectivity index is 2.09. The summed E-state index contributed by atoms with van der Waals surface area (Å²) in [4.78, 5) is 0. The topological polar surface area (TPSA) is 35.2 Å². The summed E-state index contributed by atoms with van der Waals surface area (Å²) in [7, 11) is 1.70. The van der Waals surface area contributed by atoms with Crippen LogP contribution in [-0.2, 0) is 0 Å². The predicted molar refractivity (Wildman–Crippen MR) is 66.5 cm³/mol. The lowest BCUT2D eigenvalue weighted by molar-refractivity contribution is 0.307. The first-order valence-corrected chi connectivity index (χ1v) is 6.21. The zero-order valence-electron chi connectivity index (χ0n) is 9.99. The highest BCUT2D eigenvalue weighted by Gasteiger charge is 2.21. The number of rotatable bonds is 3. The van der Waals surface area contributed by atoms with Crippen LogP contribution in [0.4, 0.5) is 0 Å². The van der Waals surface area contributed by atoms with Crippen LogP contribution in [0.5, 0.6) is 5.75 Å². The fraction of sp³-hybridized carbons (Fsp3) is 0.571. The van der Waals surface area contributed by atoms with Gasteiger partial charge in [0, 0.05) is 6.04 Å². The molecule has 1 atom stereocenters. The minimum Gasteiger partial charge on any atom is -0.497 e. The van der Waals surface area contributed by atoms with Crippen molar-refractivity contribution in [2.75, 3.05) is 7.11 Å². The van der Waals surface area contributed by atoms with E-state index in [9.17, 15) is 0 Å². The second-order valence-electron chi connectivity index (χ2n) is 4.70. The van der Waals surface area contributed by atoms with E-state index in [1.807, 2.05) is 12.1 Å². The van der Waals surface area contributed by atoms with E-state index in [1.54, 1.807) is 7.11 Å². The molecule has 2 N–H and O–H groups in total. The summed E-state index contributed by atoms with van der Waals surface area (Å²) in [6.45, 7) is 0. The average molecular weight is 219 g/mol. The molecule has 0 radical (unpaired) electrons. The highest BCUT2D eigenvalue weighted by molar-refractivity contribution is 5.30. The van der Waals surface area contributed by atoms with E-state index in [0.29, 0.717) is 5.92 Å². The van der Waals surface area contributed by atoms with Crippen LogP contribution in [0, 0.1) is 5.92 Å². The van der Waals surface area contributed by atoms with Crippen LogP contribution in [-0.4, -0.2) is 7.11 Å². The fourth-order valence-corrected chi connectivity index (χ4v) is 2.61. The molecule has 1 fully saturated rings. The van der Waals surface area contributed by atoms with Gasteiger partial charge in [-0.2, -0.15) is 0 Å². The Hall–Kier alpha value is -1.02. The molecule has 88 valence electrons. The molecule has 0 spiro atoms. The van der Waals surface area contributed by atoms with E-state index < -0.39 is 0 Å². The van der Waals surface area contributed by atoms with Gasteiger partial charge < -0.3 is 10.5 Å². The highest BCUT2D eigenvalue weighted by Crippen LogP contribution is 2.33. The van der Waals surface area contributed by atoms with E-state index >= 15 is 0 Å². The molecule has 0 heterocycles. The number of hydrogen-bond acceptors (Lipinski definition) is 2. The van der Waals surface area contributed by atoms with Crippen molar-refractivity contribution in [2.45, 2.75) is 38.1 Å². The summed E-state index contributed by atoms with van der Waals surface area (Å²) in [6, 6.07) is 8.35. The monoisotopic (exact) mass is 219 g/mol. The predicted octanol–water partition coefficient (Wildman–Crippen LogP) is 3.28. The Morgan fingerprint density at radius 3 is 2.69 bits per heavy atom. The molecule has 2 rings (SSSR count). The van der Waals surface area contributed by atoms with Gasteiger partial charge in [-0.05, 0) is 36.5 Å². The molecular formula is C14H21NO. The third-order valence-corrected chi connectivity index (χ3v) is 3.64. The van der Waals surface area contributed by atoms with E-state index in [1.165, 1.54) is 37.7 Å². The van der Waals surface area contributed by atoms with Gasteiger partial charge in [0.25, 0.3) is 0 Å². The molecule has 1 aromatic rings. The third kappa shape index (κ3) is 2.56. The molecule has 16 heavy (non-hydrogen) atoms. The highest BCUT2D eigenvalue weighted by atomic mass is 16.5. The number of nitrogens with two attached hydrogens (primary N) is 1. The van der Waals surface area contributed by atoms with Crippen LogP contribution in [0.15, 0.2) is 24.3 Å².